The molecule has 6 heteroatoms. The Morgan fingerprint density at radius 2 is 1.81 bits per heavy atom. The average molecular weight is 439 g/mol. The van der Waals surface area contributed by atoms with Crippen LogP contribution in [0.3, 0.4) is 0 Å². The first kappa shape index (κ1) is 22.8. The van der Waals surface area contributed by atoms with Gasteiger partial charge in [-0.2, -0.15) is 0 Å². The fraction of sp³-hybridized carbons (Fsp3) is 0.615. The van der Waals surface area contributed by atoms with Crippen LogP contribution in [0.5, 0.6) is 0 Å². The SMILES string of the molecule is CCn1cc(C(=O)NCC2CC3CCC(C2)N3CC(=O)NC(C)(C)C)c2c(C)cccc21. The van der Waals surface area contributed by atoms with E-state index in [-0.39, 0.29) is 17.4 Å². The zero-order chi connectivity index (χ0) is 23.0. The van der Waals surface area contributed by atoms with E-state index in [1.807, 2.05) is 27.0 Å². The summed E-state index contributed by atoms with van der Waals surface area (Å²) in [5.41, 5.74) is 2.84. The van der Waals surface area contributed by atoms with Gasteiger partial charge in [0, 0.05) is 47.8 Å². The fourth-order valence-corrected chi connectivity index (χ4v) is 5.73. The van der Waals surface area contributed by atoms with Gasteiger partial charge in [0.15, 0.2) is 0 Å². The lowest BCUT2D eigenvalue weighted by molar-refractivity contribution is -0.125. The molecule has 2 aromatic rings. The van der Waals surface area contributed by atoms with Crippen LogP contribution >= 0.6 is 0 Å². The van der Waals surface area contributed by atoms with E-state index in [4.69, 9.17) is 0 Å². The molecule has 2 bridgehead atoms. The van der Waals surface area contributed by atoms with Gasteiger partial charge in [-0.1, -0.05) is 12.1 Å². The first-order valence-electron chi connectivity index (χ1n) is 12.1. The number of fused-ring (bicyclic) bond motifs is 3. The van der Waals surface area contributed by atoms with E-state index in [0.717, 1.165) is 54.3 Å². The quantitative estimate of drug-likeness (QED) is 0.720. The Labute approximate surface area is 191 Å². The normalized spacial score (nSPS) is 23.5. The maximum atomic E-state index is 13.1. The van der Waals surface area contributed by atoms with Crippen molar-refractivity contribution in [3.63, 3.8) is 0 Å². The van der Waals surface area contributed by atoms with Crippen LogP contribution in [0.25, 0.3) is 10.9 Å². The van der Waals surface area contributed by atoms with Crippen molar-refractivity contribution in [3.05, 3.63) is 35.5 Å². The number of rotatable bonds is 6. The molecule has 2 fully saturated rings. The topological polar surface area (TPSA) is 66.4 Å². The highest BCUT2D eigenvalue weighted by Gasteiger charge is 2.41. The van der Waals surface area contributed by atoms with E-state index < -0.39 is 0 Å². The van der Waals surface area contributed by atoms with Crippen LogP contribution in [0, 0.1) is 12.8 Å². The number of aromatic nitrogens is 1. The highest BCUT2D eigenvalue weighted by molar-refractivity contribution is 6.08. The van der Waals surface area contributed by atoms with Gasteiger partial charge >= 0.3 is 0 Å². The summed E-state index contributed by atoms with van der Waals surface area (Å²) in [6.07, 6.45) is 6.40. The van der Waals surface area contributed by atoms with Crippen LogP contribution in [-0.4, -0.2) is 52.0 Å². The average Bonchev–Trinajstić information content (AvgIpc) is 3.19. The highest BCUT2D eigenvalue weighted by atomic mass is 16.2. The second-order valence-electron chi connectivity index (χ2n) is 10.7. The summed E-state index contributed by atoms with van der Waals surface area (Å²) in [6.45, 7) is 12.3. The van der Waals surface area contributed by atoms with Crippen LogP contribution < -0.4 is 10.6 Å². The second-order valence-corrected chi connectivity index (χ2v) is 10.7. The first-order chi connectivity index (χ1) is 15.2. The molecule has 0 spiro atoms. The van der Waals surface area contributed by atoms with Crippen molar-refractivity contribution < 1.29 is 9.59 Å². The molecule has 174 valence electrons. The second kappa shape index (κ2) is 8.89. The van der Waals surface area contributed by atoms with Crippen LogP contribution in [0.15, 0.2) is 24.4 Å². The van der Waals surface area contributed by atoms with Crippen molar-refractivity contribution in [2.45, 2.75) is 84.5 Å². The standard InChI is InChI=1S/C26H38N4O2/c1-6-29-15-21(24-17(2)8-7-9-22(24)29)25(32)27-14-18-12-19-10-11-20(13-18)30(19)16-23(31)28-26(3,4)5/h7-9,15,18-20H,6,10-14,16H2,1-5H3,(H,27,32)(H,28,31). The maximum absolute atomic E-state index is 13.1. The number of hydrogen-bond donors (Lipinski definition) is 2. The number of carbonyl (C=O) groups excluding carboxylic acids is 2. The Morgan fingerprint density at radius 1 is 1.12 bits per heavy atom. The summed E-state index contributed by atoms with van der Waals surface area (Å²) in [7, 11) is 0. The number of carbonyl (C=O) groups is 2. The van der Waals surface area contributed by atoms with Crippen molar-refractivity contribution in [2.75, 3.05) is 13.1 Å². The summed E-state index contributed by atoms with van der Waals surface area (Å²) in [5, 5.41) is 7.38. The van der Waals surface area contributed by atoms with E-state index in [1.165, 1.54) is 0 Å². The number of hydrogen-bond acceptors (Lipinski definition) is 3. The number of nitrogens with one attached hydrogen (secondary N) is 2. The molecule has 2 amide bonds. The molecule has 1 aromatic heterocycles. The van der Waals surface area contributed by atoms with Gasteiger partial charge in [0.1, 0.15) is 0 Å². The zero-order valence-electron chi connectivity index (χ0n) is 20.2. The molecular weight excluding hydrogens is 400 g/mol. The van der Waals surface area contributed by atoms with Gasteiger partial charge in [-0.25, -0.2) is 0 Å². The molecule has 2 atom stereocenters. The number of piperidine rings is 1. The Balaban J connectivity index is 1.37. The molecule has 2 aliphatic rings. The van der Waals surface area contributed by atoms with Crippen molar-refractivity contribution in [2.24, 2.45) is 5.92 Å². The van der Waals surface area contributed by atoms with Crippen LogP contribution in [0.4, 0.5) is 0 Å². The molecule has 2 N–H and O–H groups in total. The summed E-state index contributed by atoms with van der Waals surface area (Å²) in [4.78, 5) is 28.0. The molecule has 2 aliphatic heterocycles. The Morgan fingerprint density at radius 3 is 2.44 bits per heavy atom. The Bertz CT molecular complexity index is 989. The summed E-state index contributed by atoms with van der Waals surface area (Å²) in [6, 6.07) is 7.11. The molecule has 0 aliphatic carbocycles. The molecule has 0 radical (unpaired) electrons. The van der Waals surface area contributed by atoms with Crippen molar-refractivity contribution in [1.29, 1.82) is 0 Å². The monoisotopic (exact) mass is 438 g/mol. The predicted molar refractivity (Wildman–Crippen MR) is 129 cm³/mol. The molecule has 6 nitrogen and oxygen atoms in total. The minimum Gasteiger partial charge on any atom is -0.352 e. The summed E-state index contributed by atoms with van der Waals surface area (Å²) >= 11 is 0. The van der Waals surface area contributed by atoms with Crippen LogP contribution in [0.1, 0.15) is 69.3 Å². The molecular formula is C26H38N4O2. The smallest absolute Gasteiger partial charge is 0.253 e. The van der Waals surface area contributed by atoms with Crippen molar-refractivity contribution in [3.8, 4) is 0 Å². The molecule has 3 heterocycles. The van der Waals surface area contributed by atoms with Crippen molar-refractivity contribution >= 4 is 22.7 Å². The predicted octanol–water partition coefficient (Wildman–Crippen LogP) is 3.86. The molecule has 2 unspecified atom stereocenters. The Hall–Kier alpha value is -2.34. The fourth-order valence-electron chi connectivity index (χ4n) is 5.73. The van der Waals surface area contributed by atoms with E-state index in [2.05, 4.69) is 52.1 Å². The number of nitrogens with zero attached hydrogens (tertiary/aromatic N) is 2. The third-order valence-electron chi connectivity index (χ3n) is 7.07. The van der Waals surface area contributed by atoms with Gasteiger partial charge in [0.05, 0.1) is 12.1 Å². The van der Waals surface area contributed by atoms with Crippen LogP contribution in [0.2, 0.25) is 0 Å². The highest BCUT2D eigenvalue weighted by Crippen LogP contribution is 2.38. The third-order valence-corrected chi connectivity index (χ3v) is 7.07. The maximum Gasteiger partial charge on any atom is 0.253 e. The molecule has 2 saturated heterocycles. The lowest BCUT2D eigenvalue weighted by Crippen LogP contribution is -2.52. The minimum absolute atomic E-state index is 0.0239. The summed E-state index contributed by atoms with van der Waals surface area (Å²) < 4.78 is 2.15. The lowest BCUT2D eigenvalue weighted by atomic mass is 9.90. The van der Waals surface area contributed by atoms with Crippen molar-refractivity contribution in [1.82, 2.24) is 20.1 Å². The van der Waals surface area contributed by atoms with E-state index in [0.29, 0.717) is 31.1 Å². The number of amides is 2. The van der Waals surface area contributed by atoms with Crippen LogP contribution in [-0.2, 0) is 11.3 Å². The number of aryl methyl sites for hydroxylation is 2. The van der Waals surface area contributed by atoms with Gasteiger partial charge < -0.3 is 15.2 Å². The molecule has 32 heavy (non-hydrogen) atoms. The van der Waals surface area contributed by atoms with Gasteiger partial charge in [-0.3, -0.25) is 14.5 Å². The lowest BCUT2D eigenvalue weighted by Gasteiger charge is -2.39. The molecule has 0 saturated carbocycles. The number of benzene rings is 1. The Kier molecular flexibility index (Phi) is 6.35. The first-order valence-corrected chi connectivity index (χ1v) is 12.1. The molecule has 4 rings (SSSR count). The van der Waals surface area contributed by atoms with E-state index >= 15 is 0 Å². The third kappa shape index (κ3) is 4.70. The van der Waals surface area contributed by atoms with Gasteiger partial charge in [0.2, 0.25) is 5.91 Å². The van der Waals surface area contributed by atoms with Gasteiger partial charge in [-0.15, -0.1) is 0 Å². The minimum atomic E-state index is -0.196. The largest absolute Gasteiger partial charge is 0.352 e. The summed E-state index contributed by atoms with van der Waals surface area (Å²) in [5.74, 6) is 0.610. The van der Waals surface area contributed by atoms with E-state index in [1.54, 1.807) is 0 Å². The van der Waals surface area contributed by atoms with E-state index in [9.17, 15) is 9.59 Å². The molecule has 1 aromatic carbocycles. The van der Waals surface area contributed by atoms with Gasteiger partial charge in [0.25, 0.3) is 5.91 Å². The van der Waals surface area contributed by atoms with Gasteiger partial charge in [-0.05, 0) is 77.8 Å². The zero-order valence-corrected chi connectivity index (χ0v) is 20.2.